The summed E-state index contributed by atoms with van der Waals surface area (Å²) in [6.07, 6.45) is 0. The smallest absolute Gasteiger partial charge is 0.145 e. The van der Waals surface area contributed by atoms with Crippen molar-refractivity contribution in [3.63, 3.8) is 0 Å². The van der Waals surface area contributed by atoms with Gasteiger partial charge in [-0.3, -0.25) is 0 Å². The molecule has 0 spiro atoms. The molecular formula is C36H23NOS. The number of benzene rings is 6. The molecule has 0 atom stereocenters. The fourth-order valence-corrected chi connectivity index (χ4v) is 6.79. The van der Waals surface area contributed by atoms with Crippen LogP contribution in [0.4, 0.5) is 11.4 Å². The number of hydrogen-bond acceptors (Lipinski definition) is 3. The van der Waals surface area contributed by atoms with E-state index in [1.54, 1.807) is 0 Å². The zero-order chi connectivity index (χ0) is 25.8. The summed E-state index contributed by atoms with van der Waals surface area (Å²) in [4.78, 5) is 0. The zero-order valence-corrected chi connectivity index (χ0v) is 21.8. The third-order valence-corrected chi connectivity index (χ3v) is 8.62. The van der Waals surface area contributed by atoms with Gasteiger partial charge in [-0.1, -0.05) is 91.0 Å². The Labute approximate surface area is 229 Å². The standard InChI is InChI=1S/C36H23NOS/c1-3-10-23(11-4-1)25-18-19-27-31(22-25)38-36-26(24-12-5-2-6-13-24)20-21-30(35(27)36)37-29-15-9-17-33-34(29)28-14-7-8-16-32(28)39-33/h1-22,37H. The highest BCUT2D eigenvalue weighted by molar-refractivity contribution is 7.26. The molecule has 0 saturated heterocycles. The molecule has 0 aliphatic rings. The van der Waals surface area contributed by atoms with Crippen molar-refractivity contribution in [1.82, 2.24) is 0 Å². The fourth-order valence-electron chi connectivity index (χ4n) is 5.66. The topological polar surface area (TPSA) is 25.2 Å². The highest BCUT2D eigenvalue weighted by Gasteiger charge is 2.18. The molecular weight excluding hydrogens is 494 g/mol. The van der Waals surface area contributed by atoms with Crippen molar-refractivity contribution in [3.05, 3.63) is 133 Å². The summed E-state index contributed by atoms with van der Waals surface area (Å²) in [5.74, 6) is 0. The largest absolute Gasteiger partial charge is 0.455 e. The van der Waals surface area contributed by atoms with Crippen molar-refractivity contribution in [3.8, 4) is 22.3 Å². The van der Waals surface area contributed by atoms with Gasteiger partial charge in [-0.2, -0.15) is 0 Å². The Morgan fingerprint density at radius 1 is 0.487 bits per heavy atom. The van der Waals surface area contributed by atoms with E-state index in [1.165, 1.54) is 25.7 Å². The van der Waals surface area contributed by atoms with Gasteiger partial charge in [0.1, 0.15) is 11.2 Å². The summed E-state index contributed by atoms with van der Waals surface area (Å²) in [5, 5.41) is 8.56. The van der Waals surface area contributed by atoms with Crippen molar-refractivity contribution in [1.29, 1.82) is 0 Å². The molecule has 1 N–H and O–H groups in total. The minimum Gasteiger partial charge on any atom is -0.455 e. The Hall–Kier alpha value is -4.86. The average Bonchev–Trinajstić information content (AvgIpc) is 3.57. The summed E-state index contributed by atoms with van der Waals surface area (Å²) < 4.78 is 9.26. The second-order valence-corrected chi connectivity index (χ2v) is 10.9. The molecule has 6 aromatic carbocycles. The molecule has 0 saturated carbocycles. The van der Waals surface area contributed by atoms with Gasteiger partial charge in [0, 0.05) is 36.8 Å². The van der Waals surface area contributed by atoms with Gasteiger partial charge in [-0.05, 0) is 59.2 Å². The molecule has 0 aliphatic carbocycles. The molecule has 0 radical (unpaired) electrons. The van der Waals surface area contributed by atoms with Crippen LogP contribution in [0, 0.1) is 0 Å². The predicted octanol–water partition coefficient (Wildman–Crippen LogP) is 11.0. The summed E-state index contributed by atoms with van der Waals surface area (Å²) in [7, 11) is 0. The molecule has 0 amide bonds. The van der Waals surface area contributed by atoms with Crippen LogP contribution in [0.1, 0.15) is 0 Å². The molecule has 8 aromatic rings. The molecule has 0 fully saturated rings. The highest BCUT2D eigenvalue weighted by Crippen LogP contribution is 2.44. The van der Waals surface area contributed by atoms with Crippen molar-refractivity contribution in [2.75, 3.05) is 5.32 Å². The monoisotopic (exact) mass is 517 g/mol. The molecule has 3 heteroatoms. The molecule has 0 unspecified atom stereocenters. The summed E-state index contributed by atoms with van der Waals surface area (Å²) in [6, 6.07) is 47.0. The van der Waals surface area contributed by atoms with Gasteiger partial charge in [0.05, 0.1) is 11.1 Å². The SMILES string of the molecule is c1ccc(-c2ccc3c(c2)oc2c(-c4ccccc4)ccc(Nc4cccc5sc6ccccc6c45)c23)cc1. The lowest BCUT2D eigenvalue weighted by atomic mass is 9.99. The van der Waals surface area contributed by atoms with Crippen LogP contribution in [0.15, 0.2) is 138 Å². The Morgan fingerprint density at radius 3 is 2.05 bits per heavy atom. The van der Waals surface area contributed by atoms with Gasteiger partial charge in [-0.15, -0.1) is 11.3 Å². The Morgan fingerprint density at radius 2 is 1.21 bits per heavy atom. The van der Waals surface area contributed by atoms with Crippen molar-refractivity contribution >= 4 is 64.8 Å². The van der Waals surface area contributed by atoms with E-state index < -0.39 is 0 Å². The molecule has 39 heavy (non-hydrogen) atoms. The molecule has 2 aromatic heterocycles. The van der Waals surface area contributed by atoms with E-state index in [0.717, 1.165) is 50.0 Å². The highest BCUT2D eigenvalue weighted by atomic mass is 32.1. The van der Waals surface area contributed by atoms with E-state index in [2.05, 4.69) is 127 Å². The lowest BCUT2D eigenvalue weighted by molar-refractivity contribution is 0.670. The van der Waals surface area contributed by atoms with Crippen molar-refractivity contribution < 1.29 is 4.42 Å². The van der Waals surface area contributed by atoms with Crippen LogP contribution in [0.5, 0.6) is 0 Å². The number of rotatable bonds is 4. The van der Waals surface area contributed by atoms with Crippen LogP contribution in [0.3, 0.4) is 0 Å². The summed E-state index contributed by atoms with van der Waals surface area (Å²) in [5.41, 5.74) is 8.48. The van der Waals surface area contributed by atoms with E-state index in [4.69, 9.17) is 4.42 Å². The van der Waals surface area contributed by atoms with E-state index in [-0.39, 0.29) is 0 Å². The van der Waals surface area contributed by atoms with Gasteiger partial charge in [0.2, 0.25) is 0 Å². The zero-order valence-electron chi connectivity index (χ0n) is 21.0. The third-order valence-electron chi connectivity index (χ3n) is 7.48. The maximum absolute atomic E-state index is 6.68. The minimum atomic E-state index is 0.886. The van der Waals surface area contributed by atoms with Crippen LogP contribution in [-0.2, 0) is 0 Å². The van der Waals surface area contributed by atoms with Gasteiger partial charge in [-0.25, -0.2) is 0 Å². The van der Waals surface area contributed by atoms with E-state index >= 15 is 0 Å². The lowest BCUT2D eigenvalue weighted by Gasteiger charge is -2.12. The number of anilines is 2. The number of hydrogen-bond donors (Lipinski definition) is 1. The van der Waals surface area contributed by atoms with Crippen molar-refractivity contribution in [2.24, 2.45) is 0 Å². The predicted molar refractivity (Wildman–Crippen MR) is 167 cm³/mol. The molecule has 2 heterocycles. The maximum Gasteiger partial charge on any atom is 0.145 e. The first-order valence-corrected chi connectivity index (χ1v) is 13.9. The first-order chi connectivity index (χ1) is 19.3. The minimum absolute atomic E-state index is 0.886. The number of furan rings is 1. The van der Waals surface area contributed by atoms with E-state index in [0.29, 0.717) is 0 Å². The summed E-state index contributed by atoms with van der Waals surface area (Å²) >= 11 is 1.83. The third kappa shape index (κ3) is 3.63. The lowest BCUT2D eigenvalue weighted by Crippen LogP contribution is -1.92. The van der Waals surface area contributed by atoms with Crippen LogP contribution in [0.2, 0.25) is 0 Å². The Balaban J connectivity index is 1.37. The van der Waals surface area contributed by atoms with Crippen LogP contribution in [0.25, 0.3) is 64.4 Å². The molecule has 184 valence electrons. The first-order valence-electron chi connectivity index (χ1n) is 13.1. The van der Waals surface area contributed by atoms with E-state index in [9.17, 15) is 0 Å². The van der Waals surface area contributed by atoms with Crippen LogP contribution >= 0.6 is 11.3 Å². The van der Waals surface area contributed by atoms with Gasteiger partial charge in [0.25, 0.3) is 0 Å². The average molecular weight is 518 g/mol. The normalized spacial score (nSPS) is 11.6. The van der Waals surface area contributed by atoms with Gasteiger partial charge >= 0.3 is 0 Å². The fraction of sp³-hybridized carbons (Fsp3) is 0. The van der Waals surface area contributed by atoms with Gasteiger partial charge in [0.15, 0.2) is 0 Å². The molecule has 2 nitrogen and oxygen atoms in total. The van der Waals surface area contributed by atoms with Crippen LogP contribution in [-0.4, -0.2) is 0 Å². The van der Waals surface area contributed by atoms with Gasteiger partial charge < -0.3 is 9.73 Å². The number of thiophene rings is 1. The Kier molecular flexibility index (Phi) is 5.04. The summed E-state index contributed by atoms with van der Waals surface area (Å²) in [6.45, 7) is 0. The number of nitrogens with one attached hydrogen (secondary N) is 1. The second-order valence-electron chi connectivity index (χ2n) is 9.81. The molecule has 0 bridgehead atoms. The van der Waals surface area contributed by atoms with Crippen LogP contribution < -0.4 is 5.32 Å². The van der Waals surface area contributed by atoms with Crippen molar-refractivity contribution in [2.45, 2.75) is 0 Å². The first kappa shape index (κ1) is 22.2. The molecule has 8 rings (SSSR count). The van der Waals surface area contributed by atoms with E-state index in [1.807, 2.05) is 23.5 Å². The molecule has 0 aliphatic heterocycles. The quantitative estimate of drug-likeness (QED) is 0.251. The Bertz CT molecular complexity index is 2140. The maximum atomic E-state index is 6.68. The second kappa shape index (κ2) is 8.87. The number of fused-ring (bicyclic) bond motifs is 6.